The second-order valence-corrected chi connectivity index (χ2v) is 4.91. The van der Waals surface area contributed by atoms with Crippen molar-refractivity contribution in [2.24, 2.45) is 7.05 Å². The molecule has 0 saturated carbocycles. The predicted octanol–water partition coefficient (Wildman–Crippen LogP) is 1.36. The first-order valence-electron chi connectivity index (χ1n) is 6.45. The zero-order valence-electron chi connectivity index (χ0n) is 11.1. The molecule has 20 heavy (non-hydrogen) atoms. The smallest absolute Gasteiger partial charge is 0.250 e. The van der Waals surface area contributed by atoms with Gasteiger partial charge in [-0.1, -0.05) is 18.2 Å². The predicted molar refractivity (Wildman–Crippen MR) is 77.9 cm³/mol. The Morgan fingerprint density at radius 2 is 2.10 bits per heavy atom. The molecule has 1 aromatic carbocycles. The van der Waals surface area contributed by atoms with Gasteiger partial charge in [-0.15, -0.1) is 0 Å². The van der Waals surface area contributed by atoms with Gasteiger partial charge in [-0.3, -0.25) is 9.59 Å². The number of carbonyl (C=O) groups is 1. The largest absolute Gasteiger partial charge is 0.373 e. The quantitative estimate of drug-likeness (QED) is 0.865. The van der Waals surface area contributed by atoms with Crippen LogP contribution in [0.2, 0.25) is 0 Å². The zero-order chi connectivity index (χ0) is 14.1. The summed E-state index contributed by atoms with van der Waals surface area (Å²) in [5.41, 5.74) is 2.67. The summed E-state index contributed by atoms with van der Waals surface area (Å²) in [5, 5.41) is 6.03. The Balaban J connectivity index is 1.72. The maximum atomic E-state index is 12.2. The Labute approximate surface area is 116 Å². The van der Waals surface area contributed by atoms with Gasteiger partial charge >= 0.3 is 0 Å². The van der Waals surface area contributed by atoms with Gasteiger partial charge in [-0.25, -0.2) is 0 Å². The molecule has 1 atom stereocenters. The molecule has 2 N–H and O–H groups in total. The fraction of sp³-hybridized carbons (Fsp3) is 0.200. The van der Waals surface area contributed by atoms with Crippen LogP contribution in [0.3, 0.4) is 0 Å². The van der Waals surface area contributed by atoms with Crippen LogP contribution in [0.1, 0.15) is 5.56 Å². The highest BCUT2D eigenvalue weighted by Gasteiger charge is 2.26. The van der Waals surface area contributed by atoms with Crippen LogP contribution >= 0.6 is 0 Å². The molecule has 5 nitrogen and oxygen atoms in total. The molecule has 1 aliphatic rings. The lowest BCUT2D eigenvalue weighted by Crippen LogP contribution is -2.33. The maximum Gasteiger partial charge on any atom is 0.250 e. The summed E-state index contributed by atoms with van der Waals surface area (Å²) in [4.78, 5) is 23.5. The number of aromatic nitrogens is 1. The monoisotopic (exact) mass is 269 g/mol. The van der Waals surface area contributed by atoms with E-state index in [-0.39, 0.29) is 17.5 Å². The van der Waals surface area contributed by atoms with E-state index in [2.05, 4.69) is 10.6 Å². The van der Waals surface area contributed by atoms with Crippen molar-refractivity contribution >= 4 is 17.3 Å². The standard InChI is InChI=1S/C15H15N3O2/c1-18-9-11(6-7-14(18)19)16-15(20)13-8-10-4-2-3-5-12(10)17-13/h2-7,9,13,17H,8H2,1H3,(H,16,20). The first-order valence-corrected chi connectivity index (χ1v) is 6.45. The van der Waals surface area contributed by atoms with Gasteiger partial charge in [-0.05, 0) is 17.7 Å². The SMILES string of the molecule is Cn1cc(NC(=O)C2Cc3ccccc3N2)ccc1=O. The van der Waals surface area contributed by atoms with E-state index < -0.39 is 0 Å². The van der Waals surface area contributed by atoms with Gasteiger partial charge in [0.25, 0.3) is 0 Å². The summed E-state index contributed by atoms with van der Waals surface area (Å²) >= 11 is 0. The molecular formula is C15H15N3O2. The molecule has 3 rings (SSSR count). The van der Waals surface area contributed by atoms with E-state index in [4.69, 9.17) is 0 Å². The number of para-hydroxylation sites is 1. The third kappa shape index (κ3) is 2.30. The minimum absolute atomic E-state index is 0.0974. The Morgan fingerprint density at radius 3 is 2.85 bits per heavy atom. The van der Waals surface area contributed by atoms with E-state index >= 15 is 0 Å². The summed E-state index contributed by atoms with van der Waals surface area (Å²) in [6, 6.07) is 10.7. The highest BCUT2D eigenvalue weighted by Crippen LogP contribution is 2.25. The number of aryl methyl sites for hydroxylation is 1. The number of pyridine rings is 1. The molecule has 0 saturated heterocycles. The number of rotatable bonds is 2. The Kier molecular flexibility index (Phi) is 3.02. The molecule has 1 amide bonds. The summed E-state index contributed by atoms with van der Waals surface area (Å²) in [6.45, 7) is 0. The van der Waals surface area contributed by atoms with Crippen LogP contribution in [0.4, 0.5) is 11.4 Å². The molecule has 5 heteroatoms. The van der Waals surface area contributed by atoms with Crippen LogP contribution in [0.25, 0.3) is 0 Å². The number of anilines is 2. The van der Waals surface area contributed by atoms with Gasteiger partial charge in [0, 0.05) is 31.4 Å². The molecule has 1 unspecified atom stereocenters. The minimum atomic E-state index is -0.273. The number of fused-ring (bicyclic) bond motifs is 1. The summed E-state index contributed by atoms with van der Waals surface area (Å²) in [6.07, 6.45) is 2.29. The summed E-state index contributed by atoms with van der Waals surface area (Å²) in [5.74, 6) is -0.0974. The van der Waals surface area contributed by atoms with E-state index in [0.717, 1.165) is 11.3 Å². The lowest BCUT2D eigenvalue weighted by molar-refractivity contribution is -0.116. The van der Waals surface area contributed by atoms with Crippen LogP contribution in [0, 0.1) is 0 Å². The van der Waals surface area contributed by atoms with Crippen molar-refractivity contribution in [2.45, 2.75) is 12.5 Å². The van der Waals surface area contributed by atoms with Crippen molar-refractivity contribution < 1.29 is 4.79 Å². The van der Waals surface area contributed by atoms with Crippen LogP contribution in [0.15, 0.2) is 47.4 Å². The van der Waals surface area contributed by atoms with Gasteiger partial charge in [0.2, 0.25) is 11.5 Å². The second kappa shape index (κ2) is 4.85. The molecule has 2 aromatic rings. The average Bonchev–Trinajstić information content (AvgIpc) is 2.87. The molecule has 2 heterocycles. The van der Waals surface area contributed by atoms with Gasteiger partial charge in [0.1, 0.15) is 6.04 Å². The van der Waals surface area contributed by atoms with E-state index in [1.54, 1.807) is 19.3 Å². The van der Waals surface area contributed by atoms with Crippen LogP contribution in [0.5, 0.6) is 0 Å². The zero-order valence-corrected chi connectivity index (χ0v) is 11.1. The fourth-order valence-corrected chi connectivity index (χ4v) is 2.35. The topological polar surface area (TPSA) is 63.1 Å². The molecule has 1 aliphatic heterocycles. The summed E-state index contributed by atoms with van der Waals surface area (Å²) in [7, 11) is 1.65. The van der Waals surface area contributed by atoms with Crippen molar-refractivity contribution in [2.75, 3.05) is 10.6 Å². The van der Waals surface area contributed by atoms with Crippen molar-refractivity contribution in [3.05, 3.63) is 58.5 Å². The minimum Gasteiger partial charge on any atom is -0.373 e. The fourth-order valence-electron chi connectivity index (χ4n) is 2.35. The molecule has 1 aromatic heterocycles. The van der Waals surface area contributed by atoms with E-state index in [9.17, 15) is 9.59 Å². The van der Waals surface area contributed by atoms with Crippen molar-refractivity contribution in [1.82, 2.24) is 4.57 Å². The molecule has 0 radical (unpaired) electrons. The number of carbonyl (C=O) groups excluding carboxylic acids is 1. The number of benzene rings is 1. The molecule has 0 fully saturated rings. The summed E-state index contributed by atoms with van der Waals surface area (Å²) < 4.78 is 1.44. The Morgan fingerprint density at radius 1 is 1.30 bits per heavy atom. The molecule has 0 aliphatic carbocycles. The van der Waals surface area contributed by atoms with Gasteiger partial charge < -0.3 is 15.2 Å². The average molecular weight is 269 g/mol. The van der Waals surface area contributed by atoms with Gasteiger partial charge in [0.15, 0.2) is 0 Å². The lowest BCUT2D eigenvalue weighted by atomic mass is 10.1. The Bertz CT molecular complexity index is 696. The van der Waals surface area contributed by atoms with Gasteiger partial charge in [-0.2, -0.15) is 0 Å². The maximum absolute atomic E-state index is 12.2. The third-order valence-corrected chi connectivity index (χ3v) is 3.44. The normalized spacial score (nSPS) is 16.4. The first kappa shape index (κ1) is 12.5. The highest BCUT2D eigenvalue weighted by atomic mass is 16.2. The Hall–Kier alpha value is -2.56. The molecular weight excluding hydrogens is 254 g/mol. The molecule has 0 bridgehead atoms. The number of nitrogens with zero attached hydrogens (tertiary/aromatic N) is 1. The number of hydrogen-bond donors (Lipinski definition) is 2. The first-order chi connectivity index (χ1) is 9.63. The van der Waals surface area contributed by atoms with E-state index in [0.29, 0.717) is 12.1 Å². The van der Waals surface area contributed by atoms with Gasteiger partial charge in [0.05, 0.1) is 5.69 Å². The van der Waals surface area contributed by atoms with Crippen molar-refractivity contribution in [1.29, 1.82) is 0 Å². The number of nitrogens with one attached hydrogen (secondary N) is 2. The van der Waals surface area contributed by atoms with Crippen LogP contribution in [-0.2, 0) is 18.3 Å². The molecule has 102 valence electrons. The van der Waals surface area contributed by atoms with Crippen LogP contribution < -0.4 is 16.2 Å². The molecule has 0 spiro atoms. The van der Waals surface area contributed by atoms with E-state index in [1.807, 2.05) is 24.3 Å². The second-order valence-electron chi connectivity index (χ2n) is 4.91. The third-order valence-electron chi connectivity index (χ3n) is 3.44. The van der Waals surface area contributed by atoms with Crippen molar-refractivity contribution in [3.63, 3.8) is 0 Å². The number of amides is 1. The highest BCUT2D eigenvalue weighted by molar-refractivity contribution is 5.97. The lowest BCUT2D eigenvalue weighted by Gasteiger charge is -2.12. The van der Waals surface area contributed by atoms with Crippen molar-refractivity contribution in [3.8, 4) is 0 Å². The van der Waals surface area contributed by atoms with Crippen LogP contribution in [-0.4, -0.2) is 16.5 Å². The van der Waals surface area contributed by atoms with E-state index in [1.165, 1.54) is 10.6 Å². The number of hydrogen-bond acceptors (Lipinski definition) is 3.